The van der Waals surface area contributed by atoms with Crippen molar-refractivity contribution in [2.45, 2.75) is 63.1 Å². The Labute approximate surface area is 208 Å². The van der Waals surface area contributed by atoms with Gasteiger partial charge in [0.2, 0.25) is 0 Å². The van der Waals surface area contributed by atoms with E-state index < -0.39 is 30.1 Å². The molecule has 194 valence electrons. The Balaban J connectivity index is 1.15. The number of nitrogens with one attached hydrogen (secondary N) is 1. The van der Waals surface area contributed by atoms with Crippen LogP contribution in [0.3, 0.4) is 0 Å². The maximum Gasteiger partial charge on any atom is 0.409 e. The number of halogens is 2. The summed E-state index contributed by atoms with van der Waals surface area (Å²) in [7, 11) is 0. The van der Waals surface area contributed by atoms with Gasteiger partial charge in [-0.15, -0.1) is 0 Å². The fraction of sp³-hybridized carbons (Fsp3) is 0.600. The summed E-state index contributed by atoms with van der Waals surface area (Å²) < 4.78 is 34.6. The maximum absolute atomic E-state index is 14.6. The van der Waals surface area contributed by atoms with Crippen LogP contribution in [0.2, 0.25) is 0 Å². The summed E-state index contributed by atoms with van der Waals surface area (Å²) in [4.78, 5) is 31.4. The van der Waals surface area contributed by atoms with Gasteiger partial charge in [-0.3, -0.25) is 4.79 Å². The second-order valence-electron chi connectivity index (χ2n) is 10.5. The molecule has 2 saturated heterocycles. The van der Waals surface area contributed by atoms with Crippen molar-refractivity contribution < 1.29 is 23.1 Å². The molecule has 0 atom stereocenters. The molecule has 0 unspecified atom stereocenters. The predicted molar refractivity (Wildman–Crippen MR) is 129 cm³/mol. The van der Waals surface area contributed by atoms with Crippen molar-refractivity contribution in [3.05, 3.63) is 35.9 Å². The second-order valence-corrected chi connectivity index (χ2v) is 10.5. The molecule has 0 bridgehead atoms. The molecule has 2 aliphatic heterocycles. The van der Waals surface area contributed by atoms with Crippen LogP contribution in [0.4, 0.5) is 19.4 Å². The molecule has 9 nitrogen and oxygen atoms in total. The van der Waals surface area contributed by atoms with E-state index in [-0.39, 0.29) is 19.1 Å². The zero-order chi connectivity index (χ0) is 25.6. The molecular weight excluding hydrogens is 470 g/mol. The molecule has 11 heteroatoms. The smallest absolute Gasteiger partial charge is 0.409 e. The van der Waals surface area contributed by atoms with Crippen molar-refractivity contribution in [3.8, 4) is 0 Å². The molecule has 1 aliphatic carbocycles. The minimum absolute atomic E-state index is 0.144. The number of amides is 2. The lowest BCUT2D eigenvalue weighted by atomic mass is 9.97. The molecule has 0 aromatic carbocycles. The SMILES string of the molecule is C=C(F)C(=O)N1CC(F)(COC(=O)N2CCC(Nc3cc(C4CC4)nc4c(C(C)C)cnn34)CC2)C1. The van der Waals surface area contributed by atoms with Crippen molar-refractivity contribution >= 4 is 23.5 Å². The monoisotopic (exact) mass is 502 g/mol. The predicted octanol–water partition coefficient (Wildman–Crippen LogP) is 3.78. The molecular formula is C25H32F2N6O3. The van der Waals surface area contributed by atoms with Crippen LogP contribution in [0.1, 0.15) is 62.6 Å². The maximum atomic E-state index is 14.6. The Hall–Kier alpha value is -3.24. The van der Waals surface area contributed by atoms with E-state index in [0.29, 0.717) is 37.8 Å². The van der Waals surface area contributed by atoms with Gasteiger partial charge in [0, 0.05) is 42.4 Å². The van der Waals surface area contributed by atoms with Crippen molar-refractivity contribution in [1.29, 1.82) is 0 Å². The van der Waals surface area contributed by atoms with Crippen LogP contribution in [0.15, 0.2) is 24.7 Å². The van der Waals surface area contributed by atoms with E-state index in [1.165, 1.54) is 0 Å². The number of alkyl halides is 1. The average molecular weight is 503 g/mol. The number of likely N-dealkylation sites (tertiary alicyclic amines) is 2. The third kappa shape index (κ3) is 4.87. The van der Waals surface area contributed by atoms with E-state index in [2.05, 4.69) is 36.9 Å². The third-order valence-corrected chi connectivity index (χ3v) is 7.16. The number of ether oxygens (including phenoxy) is 1. The molecule has 2 aromatic rings. The number of nitrogens with zero attached hydrogens (tertiary/aromatic N) is 5. The summed E-state index contributed by atoms with van der Waals surface area (Å²) in [5, 5.41) is 8.18. The van der Waals surface area contributed by atoms with Gasteiger partial charge in [-0.05, 0) is 31.6 Å². The molecule has 0 spiro atoms. The van der Waals surface area contributed by atoms with Crippen molar-refractivity contribution in [2.75, 3.05) is 38.1 Å². The van der Waals surface area contributed by atoms with Crippen LogP contribution < -0.4 is 5.32 Å². The normalized spacial score (nSPS) is 19.9. The first kappa shape index (κ1) is 24.5. The fourth-order valence-electron chi connectivity index (χ4n) is 4.84. The van der Waals surface area contributed by atoms with Crippen LogP contribution in [0, 0.1) is 0 Å². The molecule has 36 heavy (non-hydrogen) atoms. The lowest BCUT2D eigenvalue weighted by molar-refractivity contribution is -0.146. The topological polar surface area (TPSA) is 92.1 Å². The summed E-state index contributed by atoms with van der Waals surface area (Å²) in [6.45, 7) is 7.04. The fourth-order valence-corrected chi connectivity index (χ4v) is 4.84. The number of fused-ring (bicyclic) bond motifs is 1. The molecule has 2 aromatic heterocycles. The summed E-state index contributed by atoms with van der Waals surface area (Å²) in [5.41, 5.74) is 1.26. The van der Waals surface area contributed by atoms with Crippen molar-refractivity contribution in [3.63, 3.8) is 0 Å². The van der Waals surface area contributed by atoms with Gasteiger partial charge < -0.3 is 19.9 Å². The highest BCUT2D eigenvalue weighted by Gasteiger charge is 2.47. The third-order valence-electron chi connectivity index (χ3n) is 7.16. The van der Waals surface area contributed by atoms with Crippen molar-refractivity contribution in [2.24, 2.45) is 0 Å². The number of carbonyl (C=O) groups excluding carboxylic acids is 2. The zero-order valence-electron chi connectivity index (χ0n) is 20.7. The highest BCUT2D eigenvalue weighted by atomic mass is 19.1. The average Bonchev–Trinajstić information content (AvgIpc) is 3.59. The van der Waals surface area contributed by atoms with Gasteiger partial charge in [0.05, 0.1) is 19.3 Å². The molecule has 4 heterocycles. The molecule has 0 radical (unpaired) electrons. The first-order valence-corrected chi connectivity index (χ1v) is 12.5. The van der Waals surface area contributed by atoms with Gasteiger partial charge in [0.1, 0.15) is 12.4 Å². The number of aromatic nitrogens is 3. The standard InChI is InChI=1S/C25H32F2N6O3/c1-15(2)19-11-28-33-21(10-20(17-4-5-17)30-22(19)33)29-18-6-8-31(9-7-18)24(35)36-14-25(27)12-32(13-25)23(34)16(3)26/h10-11,15,17-18,29H,3-9,12-14H2,1-2H3. The highest BCUT2D eigenvalue weighted by Crippen LogP contribution is 2.40. The second kappa shape index (κ2) is 9.33. The Morgan fingerprint density at radius 3 is 2.53 bits per heavy atom. The van der Waals surface area contributed by atoms with Gasteiger partial charge in [0.25, 0.3) is 5.91 Å². The van der Waals surface area contributed by atoms with E-state index in [4.69, 9.17) is 9.72 Å². The summed E-state index contributed by atoms with van der Waals surface area (Å²) >= 11 is 0. The first-order valence-electron chi connectivity index (χ1n) is 12.5. The van der Waals surface area contributed by atoms with E-state index >= 15 is 0 Å². The minimum atomic E-state index is -1.86. The van der Waals surface area contributed by atoms with E-state index in [1.54, 1.807) is 4.90 Å². The number of carbonyl (C=O) groups is 2. The largest absolute Gasteiger partial charge is 0.446 e. The highest BCUT2D eigenvalue weighted by molar-refractivity contribution is 5.91. The van der Waals surface area contributed by atoms with E-state index in [0.717, 1.165) is 40.5 Å². The number of rotatable bonds is 7. The van der Waals surface area contributed by atoms with Crippen molar-refractivity contribution in [1.82, 2.24) is 24.4 Å². The van der Waals surface area contributed by atoms with E-state index in [1.807, 2.05) is 10.7 Å². The zero-order valence-corrected chi connectivity index (χ0v) is 20.7. The van der Waals surface area contributed by atoms with E-state index in [9.17, 15) is 18.4 Å². The van der Waals surface area contributed by atoms with Gasteiger partial charge >= 0.3 is 6.09 Å². The molecule has 5 rings (SSSR count). The Morgan fingerprint density at radius 2 is 1.92 bits per heavy atom. The lowest BCUT2D eigenvalue weighted by Crippen LogP contribution is -2.63. The van der Waals surface area contributed by atoms with Crippen LogP contribution >= 0.6 is 0 Å². The van der Waals surface area contributed by atoms with Crippen LogP contribution in [0.5, 0.6) is 0 Å². The van der Waals surface area contributed by atoms with Crippen LogP contribution in [-0.2, 0) is 9.53 Å². The van der Waals surface area contributed by atoms with Gasteiger partial charge in [-0.1, -0.05) is 20.4 Å². The number of anilines is 1. The Kier molecular flexibility index (Phi) is 6.34. The van der Waals surface area contributed by atoms with Crippen LogP contribution in [-0.4, -0.2) is 80.9 Å². The van der Waals surface area contributed by atoms with Crippen LogP contribution in [0.25, 0.3) is 5.65 Å². The molecule has 2 amide bonds. The summed E-state index contributed by atoms with van der Waals surface area (Å²) in [5.74, 6) is -0.321. The minimum Gasteiger partial charge on any atom is -0.446 e. The Bertz CT molecular complexity index is 1180. The molecule has 3 fully saturated rings. The first-order chi connectivity index (χ1) is 17.1. The summed E-state index contributed by atoms with van der Waals surface area (Å²) in [6, 6.07) is 2.24. The quantitative estimate of drug-likeness (QED) is 0.580. The van der Waals surface area contributed by atoms with Gasteiger partial charge in [-0.25, -0.2) is 18.6 Å². The molecule has 3 aliphatic rings. The number of piperidine rings is 1. The summed E-state index contributed by atoms with van der Waals surface area (Å²) in [6.07, 6.45) is 5.04. The molecule has 1 saturated carbocycles. The van der Waals surface area contributed by atoms with Gasteiger partial charge in [-0.2, -0.15) is 9.61 Å². The van der Waals surface area contributed by atoms with Gasteiger partial charge in [0.15, 0.2) is 17.1 Å². The Morgan fingerprint density at radius 1 is 1.22 bits per heavy atom. The number of hydrogen-bond donors (Lipinski definition) is 1. The number of hydrogen-bond acceptors (Lipinski definition) is 6. The molecule has 1 N–H and O–H groups in total. The lowest BCUT2D eigenvalue weighted by Gasteiger charge is -2.43.